The van der Waals surface area contributed by atoms with Crippen LogP contribution in [-0.2, 0) is 14.3 Å². The highest BCUT2D eigenvalue weighted by Crippen LogP contribution is 2.50. The molecule has 27 heavy (non-hydrogen) atoms. The molecular formula is C19H23Cl2NO5. The smallest absolute Gasteiger partial charge is 0.238 e. The first-order valence-electron chi connectivity index (χ1n) is 8.31. The van der Waals surface area contributed by atoms with Crippen molar-refractivity contribution in [2.24, 2.45) is 0 Å². The Hall–Kier alpha value is -1.57. The number of hydrogen-bond donors (Lipinski definition) is 2. The molecule has 0 aromatic heterocycles. The molecule has 8 heteroatoms. The fourth-order valence-corrected chi connectivity index (χ4v) is 3.85. The molecule has 1 aromatic rings. The average molecular weight is 416 g/mol. The van der Waals surface area contributed by atoms with Gasteiger partial charge in [0.2, 0.25) is 11.6 Å². The molecular weight excluding hydrogens is 393 g/mol. The van der Waals surface area contributed by atoms with Crippen molar-refractivity contribution in [1.82, 2.24) is 5.32 Å². The van der Waals surface area contributed by atoms with Gasteiger partial charge >= 0.3 is 0 Å². The van der Waals surface area contributed by atoms with Gasteiger partial charge in [-0.2, -0.15) is 0 Å². The molecule has 0 spiro atoms. The summed E-state index contributed by atoms with van der Waals surface area (Å²) in [6.45, 7) is 3.72. The SMILES string of the molecule is C=CC[C@]1(Cl)C(=O)C(Cl)=C(NC[C@@H](O)COc2ccccc2)C1(OC)OC. The number of Topliss-reactive ketones (excluding diaryl/α,β-unsaturated/α-hetero) is 1. The van der Waals surface area contributed by atoms with Crippen LogP contribution >= 0.6 is 23.2 Å². The molecule has 2 N–H and O–H groups in total. The van der Waals surface area contributed by atoms with Crippen LogP contribution in [0.25, 0.3) is 0 Å². The zero-order chi connectivity index (χ0) is 20.1. The van der Waals surface area contributed by atoms with E-state index in [1.54, 1.807) is 12.1 Å². The lowest BCUT2D eigenvalue weighted by molar-refractivity contribution is -0.199. The van der Waals surface area contributed by atoms with Crippen LogP contribution in [0.4, 0.5) is 0 Å². The Morgan fingerprint density at radius 2 is 1.93 bits per heavy atom. The second kappa shape index (κ2) is 9.08. The lowest BCUT2D eigenvalue weighted by Gasteiger charge is -2.39. The lowest BCUT2D eigenvalue weighted by Crippen LogP contribution is -2.57. The third-order valence-electron chi connectivity index (χ3n) is 4.33. The van der Waals surface area contributed by atoms with Gasteiger partial charge in [-0.3, -0.25) is 4.79 Å². The van der Waals surface area contributed by atoms with Gasteiger partial charge in [-0.15, -0.1) is 18.2 Å². The number of halogens is 2. The maximum atomic E-state index is 12.7. The summed E-state index contributed by atoms with van der Waals surface area (Å²) >= 11 is 12.8. The lowest BCUT2D eigenvalue weighted by atomic mass is 9.93. The van der Waals surface area contributed by atoms with Gasteiger partial charge in [0.15, 0.2) is 4.87 Å². The molecule has 2 rings (SSSR count). The van der Waals surface area contributed by atoms with Gasteiger partial charge in [-0.05, 0) is 18.6 Å². The van der Waals surface area contributed by atoms with E-state index in [1.807, 2.05) is 18.2 Å². The fraction of sp³-hybridized carbons (Fsp3) is 0.421. The summed E-state index contributed by atoms with van der Waals surface area (Å²) in [4.78, 5) is 11.1. The number of methoxy groups -OCH3 is 2. The highest BCUT2D eigenvalue weighted by atomic mass is 35.5. The summed E-state index contributed by atoms with van der Waals surface area (Å²) in [5.41, 5.74) is 0.162. The minimum absolute atomic E-state index is 0.0429. The van der Waals surface area contributed by atoms with E-state index < -0.39 is 22.5 Å². The minimum atomic E-state index is -1.63. The van der Waals surface area contributed by atoms with Crippen LogP contribution in [0, 0.1) is 0 Å². The molecule has 2 atom stereocenters. The number of hydrogen-bond acceptors (Lipinski definition) is 6. The van der Waals surface area contributed by atoms with Gasteiger partial charge in [0, 0.05) is 20.8 Å². The summed E-state index contributed by atoms with van der Waals surface area (Å²) in [6.07, 6.45) is 0.692. The molecule has 1 aliphatic carbocycles. The van der Waals surface area contributed by atoms with E-state index in [0.29, 0.717) is 5.75 Å². The predicted molar refractivity (Wildman–Crippen MR) is 104 cm³/mol. The molecule has 0 fully saturated rings. The summed E-state index contributed by atoms with van der Waals surface area (Å²) in [5, 5.41) is 13.0. The van der Waals surface area contributed by atoms with Crippen LogP contribution in [0.1, 0.15) is 6.42 Å². The summed E-state index contributed by atoms with van der Waals surface area (Å²) in [5.74, 6) is -1.53. The summed E-state index contributed by atoms with van der Waals surface area (Å²) in [6, 6.07) is 9.10. The van der Waals surface area contributed by atoms with Crippen molar-refractivity contribution in [1.29, 1.82) is 0 Å². The van der Waals surface area contributed by atoms with Crippen LogP contribution in [0.5, 0.6) is 5.75 Å². The number of nitrogens with one attached hydrogen (secondary N) is 1. The standard InChI is InChI=1S/C19H23Cl2NO5/c1-4-10-18(21)17(24)15(20)16(19(18,25-2)26-3)22-11-13(23)12-27-14-8-6-5-7-9-14/h4-9,13,22-23H,1,10-12H2,2-3H3/t13-,18+/m1/s1. The van der Waals surface area contributed by atoms with Gasteiger partial charge in [0.1, 0.15) is 23.5 Å². The van der Waals surface area contributed by atoms with E-state index in [-0.39, 0.29) is 30.3 Å². The van der Waals surface area contributed by atoms with Crippen LogP contribution in [-0.4, -0.2) is 55.0 Å². The Balaban J connectivity index is 2.11. The van der Waals surface area contributed by atoms with Gasteiger partial charge in [0.25, 0.3) is 0 Å². The molecule has 0 saturated carbocycles. The first-order chi connectivity index (χ1) is 12.9. The topological polar surface area (TPSA) is 77.0 Å². The zero-order valence-corrected chi connectivity index (χ0v) is 16.7. The average Bonchev–Trinajstić information content (AvgIpc) is 2.84. The molecule has 0 bridgehead atoms. The molecule has 0 saturated heterocycles. The van der Waals surface area contributed by atoms with Crippen molar-refractivity contribution in [3.05, 3.63) is 53.7 Å². The van der Waals surface area contributed by atoms with Crippen LogP contribution in [0.15, 0.2) is 53.7 Å². The number of carbonyl (C=O) groups is 1. The number of aliphatic hydroxyl groups is 1. The van der Waals surface area contributed by atoms with Gasteiger partial charge in [0.05, 0.1) is 5.70 Å². The first-order valence-corrected chi connectivity index (χ1v) is 9.06. The largest absolute Gasteiger partial charge is 0.491 e. The van der Waals surface area contributed by atoms with E-state index in [4.69, 9.17) is 37.4 Å². The summed E-state index contributed by atoms with van der Waals surface area (Å²) in [7, 11) is 2.73. The third-order valence-corrected chi connectivity index (χ3v) is 5.27. The Kier molecular flexibility index (Phi) is 7.31. The second-order valence-corrected chi connectivity index (χ2v) is 7.02. The van der Waals surface area contributed by atoms with Crippen molar-refractivity contribution < 1.29 is 24.1 Å². The maximum absolute atomic E-state index is 12.7. The van der Waals surface area contributed by atoms with Crippen LogP contribution in [0.3, 0.4) is 0 Å². The van der Waals surface area contributed by atoms with Gasteiger partial charge in [-0.25, -0.2) is 0 Å². The van der Waals surface area contributed by atoms with E-state index in [2.05, 4.69) is 11.9 Å². The quantitative estimate of drug-likeness (QED) is 0.347. The van der Waals surface area contributed by atoms with Gasteiger partial charge < -0.3 is 24.6 Å². The predicted octanol–water partition coefficient (Wildman–Crippen LogP) is 2.59. The molecule has 0 radical (unpaired) electrons. The number of carbonyl (C=O) groups excluding carboxylic acids is 1. The number of rotatable bonds is 10. The van der Waals surface area contributed by atoms with Crippen molar-refractivity contribution >= 4 is 29.0 Å². The van der Waals surface area contributed by atoms with Crippen LogP contribution < -0.4 is 10.1 Å². The number of ether oxygens (including phenoxy) is 3. The molecule has 1 aliphatic rings. The third kappa shape index (κ3) is 4.00. The van der Waals surface area contributed by atoms with Crippen molar-refractivity contribution in [2.75, 3.05) is 27.4 Å². The minimum Gasteiger partial charge on any atom is -0.491 e. The molecule has 0 aliphatic heterocycles. The van der Waals surface area contributed by atoms with E-state index >= 15 is 0 Å². The Bertz CT molecular complexity index is 705. The molecule has 0 heterocycles. The van der Waals surface area contributed by atoms with E-state index in [0.717, 1.165) is 0 Å². The number of ketones is 1. The Labute approximate surface area is 168 Å². The number of aliphatic hydroxyl groups excluding tert-OH is 1. The molecule has 1 aromatic carbocycles. The normalized spacial score (nSPS) is 22.6. The fourth-order valence-electron chi connectivity index (χ4n) is 3.00. The zero-order valence-electron chi connectivity index (χ0n) is 15.2. The van der Waals surface area contributed by atoms with Crippen molar-refractivity contribution in [3.8, 4) is 5.75 Å². The number of benzene rings is 1. The van der Waals surface area contributed by atoms with Crippen molar-refractivity contribution in [2.45, 2.75) is 23.2 Å². The van der Waals surface area contributed by atoms with E-state index in [9.17, 15) is 9.90 Å². The number of para-hydroxylation sites is 1. The Morgan fingerprint density at radius 1 is 1.30 bits per heavy atom. The molecule has 0 unspecified atom stereocenters. The summed E-state index contributed by atoms with van der Waals surface area (Å²) < 4.78 is 16.5. The van der Waals surface area contributed by atoms with E-state index in [1.165, 1.54) is 20.3 Å². The van der Waals surface area contributed by atoms with Crippen molar-refractivity contribution in [3.63, 3.8) is 0 Å². The maximum Gasteiger partial charge on any atom is 0.238 e. The molecule has 0 amide bonds. The monoisotopic (exact) mass is 415 g/mol. The van der Waals surface area contributed by atoms with Crippen LogP contribution in [0.2, 0.25) is 0 Å². The highest BCUT2D eigenvalue weighted by Gasteiger charge is 2.65. The number of allylic oxidation sites excluding steroid dienone is 2. The first kappa shape index (κ1) is 21.7. The molecule has 6 nitrogen and oxygen atoms in total. The second-order valence-electron chi connectivity index (χ2n) is 6.00. The number of alkyl halides is 1. The molecule has 148 valence electrons. The van der Waals surface area contributed by atoms with Gasteiger partial charge in [-0.1, -0.05) is 35.9 Å². The highest BCUT2D eigenvalue weighted by molar-refractivity contribution is 6.53. The Morgan fingerprint density at radius 3 is 2.48 bits per heavy atom.